The molecule has 4 aromatic carbocycles. The molecule has 320 valence electrons. The number of carboxylic acids is 1. The number of aliphatic carboxylic acids is 1. The molecule has 3 heterocycles. The van der Waals surface area contributed by atoms with Gasteiger partial charge in [-0.3, -0.25) is 24.4 Å². The number of hydrogen-bond donors (Lipinski definition) is 3. The maximum atomic E-state index is 12.2. The number of hydrogen-bond acceptors (Lipinski definition) is 8. The lowest BCUT2D eigenvalue weighted by Crippen LogP contribution is -2.20. The summed E-state index contributed by atoms with van der Waals surface area (Å²) < 4.78 is 5.23. The number of nitrogens with one attached hydrogen (secondary N) is 1. The largest absolute Gasteiger partial charge is 0.481 e. The smallest absolute Gasteiger partial charge is 0.306 e. The molecule has 2 aliphatic carbocycles. The van der Waals surface area contributed by atoms with Crippen LogP contribution in [0.15, 0.2) is 140 Å². The fraction of sp³-hybridized carbons (Fsp3) is 0.308. The molecule has 2 saturated carbocycles. The second-order valence-electron chi connectivity index (χ2n) is 16.3. The molecule has 0 amide bonds. The SMILES string of the molecule is CC(=O)O.N.O=C(CC1CCC(c2ccnc3ccccc23)CC1)OCC(=O)c1ccccc1.c1ccc(-c2cnc(CC3CCC(c4ccnc5ccccc45)CC3)[nH]2)cc1. The molecule has 0 bridgehead atoms. The molecule has 0 saturated heterocycles. The van der Waals surface area contributed by atoms with Crippen LogP contribution in [0.25, 0.3) is 33.1 Å². The van der Waals surface area contributed by atoms with Crippen molar-refractivity contribution >= 4 is 39.5 Å². The van der Waals surface area contributed by atoms with E-state index in [4.69, 9.17) is 14.6 Å². The van der Waals surface area contributed by atoms with E-state index in [0.29, 0.717) is 29.7 Å². The van der Waals surface area contributed by atoms with Crippen LogP contribution in [-0.2, 0) is 20.7 Å². The Bertz CT molecular complexity index is 2490. The van der Waals surface area contributed by atoms with Crippen LogP contribution in [0.1, 0.15) is 104 Å². The van der Waals surface area contributed by atoms with Crippen molar-refractivity contribution in [2.45, 2.75) is 83.0 Å². The Labute approximate surface area is 363 Å². The Balaban J connectivity index is 0.000000188. The lowest BCUT2D eigenvalue weighted by Gasteiger charge is -2.29. The Morgan fingerprint density at radius 2 is 1.11 bits per heavy atom. The highest BCUT2D eigenvalue weighted by Gasteiger charge is 2.27. The van der Waals surface area contributed by atoms with Crippen LogP contribution < -0.4 is 6.15 Å². The number of aromatic amines is 1. The van der Waals surface area contributed by atoms with Crippen molar-refractivity contribution < 1.29 is 24.2 Å². The van der Waals surface area contributed by atoms with E-state index in [1.54, 1.807) is 24.3 Å². The normalized spacial score (nSPS) is 18.2. The van der Waals surface area contributed by atoms with E-state index in [-0.39, 0.29) is 24.5 Å². The van der Waals surface area contributed by atoms with Gasteiger partial charge in [0.2, 0.25) is 0 Å². The molecular formula is C52H57N5O5. The topological polar surface area (TPSA) is 170 Å². The Morgan fingerprint density at radius 1 is 0.629 bits per heavy atom. The molecule has 0 unspecified atom stereocenters. The number of H-pyrrole nitrogens is 1. The first-order chi connectivity index (χ1) is 29.8. The number of aromatic nitrogens is 4. The summed E-state index contributed by atoms with van der Waals surface area (Å²) in [5.41, 5.74) is 7.90. The number of nitrogens with zero attached hydrogens (tertiary/aromatic N) is 3. The van der Waals surface area contributed by atoms with Gasteiger partial charge in [0.15, 0.2) is 12.4 Å². The summed E-state index contributed by atoms with van der Waals surface area (Å²) in [5, 5.41) is 9.98. The van der Waals surface area contributed by atoms with Crippen LogP contribution in [0.4, 0.5) is 0 Å². The monoisotopic (exact) mass is 831 g/mol. The third kappa shape index (κ3) is 12.3. The highest BCUT2D eigenvalue weighted by Crippen LogP contribution is 2.40. The van der Waals surface area contributed by atoms with Gasteiger partial charge in [0.05, 0.1) is 22.9 Å². The maximum Gasteiger partial charge on any atom is 0.306 e. The van der Waals surface area contributed by atoms with Gasteiger partial charge in [-0.05, 0) is 116 Å². The van der Waals surface area contributed by atoms with Crippen molar-refractivity contribution in [3.8, 4) is 11.3 Å². The quantitative estimate of drug-likeness (QED) is 0.0896. The van der Waals surface area contributed by atoms with E-state index < -0.39 is 5.97 Å². The van der Waals surface area contributed by atoms with Crippen LogP contribution in [0, 0.1) is 11.8 Å². The summed E-state index contributed by atoms with van der Waals surface area (Å²) in [6.07, 6.45) is 16.5. The molecule has 10 nitrogen and oxygen atoms in total. The molecule has 62 heavy (non-hydrogen) atoms. The highest BCUT2D eigenvalue weighted by atomic mass is 16.5. The summed E-state index contributed by atoms with van der Waals surface area (Å²) in [6.45, 7) is 0.904. The van der Waals surface area contributed by atoms with E-state index in [0.717, 1.165) is 67.5 Å². The van der Waals surface area contributed by atoms with Gasteiger partial charge in [-0.15, -0.1) is 0 Å². The summed E-state index contributed by atoms with van der Waals surface area (Å²) in [6, 6.07) is 40.6. The average molecular weight is 832 g/mol. The Hall–Kier alpha value is -6.52. The first-order valence-electron chi connectivity index (χ1n) is 21.5. The molecule has 2 fully saturated rings. The molecule has 5 N–H and O–H groups in total. The van der Waals surface area contributed by atoms with Gasteiger partial charge < -0.3 is 21.0 Å². The van der Waals surface area contributed by atoms with E-state index >= 15 is 0 Å². The van der Waals surface area contributed by atoms with Gasteiger partial charge in [-0.2, -0.15) is 0 Å². The molecule has 0 spiro atoms. The minimum atomic E-state index is -0.833. The number of fused-ring (bicyclic) bond motifs is 2. The van der Waals surface area contributed by atoms with Crippen molar-refractivity contribution in [1.82, 2.24) is 26.1 Å². The fourth-order valence-corrected chi connectivity index (χ4v) is 8.96. The average Bonchev–Trinajstić information content (AvgIpc) is 3.77. The van der Waals surface area contributed by atoms with Gasteiger partial charge >= 0.3 is 5.97 Å². The second kappa shape index (κ2) is 22.4. The van der Waals surface area contributed by atoms with Crippen molar-refractivity contribution in [3.63, 3.8) is 0 Å². The first kappa shape index (κ1) is 45.0. The van der Waals surface area contributed by atoms with Gasteiger partial charge in [0, 0.05) is 48.5 Å². The van der Waals surface area contributed by atoms with Gasteiger partial charge in [-0.1, -0.05) is 97.1 Å². The molecule has 2 aliphatic rings. The zero-order valence-corrected chi connectivity index (χ0v) is 35.5. The van der Waals surface area contributed by atoms with Crippen molar-refractivity contribution in [2.75, 3.05) is 6.61 Å². The van der Waals surface area contributed by atoms with Crippen LogP contribution in [-0.4, -0.2) is 49.4 Å². The van der Waals surface area contributed by atoms with E-state index in [1.807, 2.05) is 36.8 Å². The standard InChI is InChI=1S/C25H25N3.C25H25NO3.C2H4O2.H3N/c1-2-6-20(7-3-1)24-17-27-25(28-24)16-18-10-12-19(13-11-18)21-14-15-26-23-9-5-4-8-22(21)23;27-24(20-6-2-1-3-7-20)17-29-25(28)16-18-10-12-19(13-11-18)21-14-15-26-23-9-5-4-8-22(21)23;1-2(3)4;/h1-9,14-15,17-19H,10-13,16H2,(H,27,28);1-9,14-15,18-19H,10-13,16-17H2;1H3,(H,3,4);1H3. The van der Waals surface area contributed by atoms with Gasteiger partial charge in [0.1, 0.15) is 5.82 Å². The summed E-state index contributed by atoms with van der Waals surface area (Å²) in [4.78, 5) is 50.4. The molecule has 0 radical (unpaired) electrons. The number of rotatable bonds is 10. The number of benzene rings is 4. The third-order valence-corrected chi connectivity index (χ3v) is 12.0. The molecule has 0 atom stereocenters. The highest BCUT2D eigenvalue weighted by molar-refractivity contribution is 5.97. The number of carbonyl (C=O) groups excluding carboxylic acids is 2. The number of para-hydroxylation sites is 2. The molecule has 0 aliphatic heterocycles. The van der Waals surface area contributed by atoms with E-state index in [1.165, 1.54) is 53.1 Å². The van der Waals surface area contributed by atoms with Crippen molar-refractivity contribution in [1.29, 1.82) is 0 Å². The number of esters is 1. The molecule has 7 aromatic rings. The number of pyridine rings is 2. The number of carbonyl (C=O) groups is 3. The predicted octanol–water partition coefficient (Wildman–Crippen LogP) is 11.7. The zero-order valence-electron chi connectivity index (χ0n) is 35.5. The molecule has 10 heteroatoms. The van der Waals surface area contributed by atoms with Crippen LogP contribution in [0.2, 0.25) is 0 Å². The first-order valence-corrected chi connectivity index (χ1v) is 21.5. The fourth-order valence-electron chi connectivity index (χ4n) is 8.96. The number of imidazole rings is 1. The Kier molecular flexibility index (Phi) is 16.2. The minimum absolute atomic E-state index is 0. The predicted molar refractivity (Wildman–Crippen MR) is 245 cm³/mol. The van der Waals surface area contributed by atoms with Crippen LogP contribution >= 0.6 is 0 Å². The minimum Gasteiger partial charge on any atom is -0.481 e. The number of carboxylic acid groups (broad SMARTS) is 1. The lowest BCUT2D eigenvalue weighted by molar-refractivity contribution is -0.144. The third-order valence-electron chi connectivity index (χ3n) is 12.0. The van der Waals surface area contributed by atoms with Crippen LogP contribution in [0.5, 0.6) is 0 Å². The zero-order chi connectivity index (χ0) is 42.4. The van der Waals surface area contributed by atoms with Crippen molar-refractivity contribution in [2.24, 2.45) is 11.8 Å². The number of ketones is 1. The lowest BCUT2D eigenvalue weighted by atomic mass is 9.77. The Morgan fingerprint density at radius 3 is 1.66 bits per heavy atom. The van der Waals surface area contributed by atoms with Crippen LogP contribution in [0.3, 0.4) is 0 Å². The van der Waals surface area contributed by atoms with Crippen molar-refractivity contribution in [3.05, 3.63) is 162 Å². The molecule has 3 aromatic heterocycles. The van der Waals surface area contributed by atoms with E-state index in [9.17, 15) is 9.59 Å². The molecule has 9 rings (SSSR count). The number of ether oxygens (including phenoxy) is 1. The summed E-state index contributed by atoms with van der Waals surface area (Å²) in [7, 11) is 0. The molecular weight excluding hydrogens is 775 g/mol. The van der Waals surface area contributed by atoms with Gasteiger partial charge in [0.25, 0.3) is 5.97 Å². The second-order valence-corrected chi connectivity index (χ2v) is 16.3. The van der Waals surface area contributed by atoms with E-state index in [2.05, 4.69) is 98.8 Å². The summed E-state index contributed by atoms with van der Waals surface area (Å²) >= 11 is 0. The maximum absolute atomic E-state index is 12.2. The van der Waals surface area contributed by atoms with Gasteiger partial charge in [-0.25, -0.2) is 4.98 Å². The number of Topliss-reactive ketones (excluding diaryl/α,β-unsaturated/α-hetero) is 1. The summed E-state index contributed by atoms with van der Waals surface area (Å²) in [5.74, 6) is 2.07.